The van der Waals surface area contributed by atoms with Crippen LogP contribution in [0.3, 0.4) is 0 Å². The summed E-state index contributed by atoms with van der Waals surface area (Å²) in [7, 11) is 1.60. The molecule has 18 heavy (non-hydrogen) atoms. The van der Waals surface area contributed by atoms with E-state index in [1.165, 1.54) is 6.20 Å². The molecular formula is C12H18ClN3O2. The van der Waals surface area contributed by atoms with E-state index in [1.807, 2.05) is 13.8 Å². The van der Waals surface area contributed by atoms with Crippen molar-refractivity contribution in [2.75, 3.05) is 26.0 Å². The van der Waals surface area contributed by atoms with Gasteiger partial charge in [0.15, 0.2) is 0 Å². The standard InChI is InChI=1S/C12H18ClN3O2/c1-4-16(8(2)7-18-3)12(17)10-5-9(14)6-15-11(10)13/h5-6,8H,4,7,14H2,1-3H3. The van der Waals surface area contributed by atoms with Gasteiger partial charge in [-0.1, -0.05) is 11.6 Å². The molecule has 0 bridgehead atoms. The van der Waals surface area contributed by atoms with Crippen molar-refractivity contribution < 1.29 is 9.53 Å². The number of carbonyl (C=O) groups excluding carboxylic acids is 1. The van der Waals surface area contributed by atoms with E-state index in [9.17, 15) is 4.79 Å². The van der Waals surface area contributed by atoms with Crippen LogP contribution in [0.15, 0.2) is 12.3 Å². The number of pyridine rings is 1. The fraction of sp³-hybridized carbons (Fsp3) is 0.500. The molecule has 2 N–H and O–H groups in total. The molecule has 1 unspecified atom stereocenters. The van der Waals surface area contributed by atoms with Crippen LogP contribution in [0.4, 0.5) is 5.69 Å². The first-order valence-corrected chi connectivity index (χ1v) is 6.10. The van der Waals surface area contributed by atoms with Gasteiger partial charge in [0, 0.05) is 13.7 Å². The lowest BCUT2D eigenvalue weighted by Crippen LogP contribution is -2.41. The molecule has 0 fully saturated rings. The number of halogens is 1. The predicted molar refractivity (Wildman–Crippen MR) is 71.7 cm³/mol. The summed E-state index contributed by atoms with van der Waals surface area (Å²) < 4.78 is 5.06. The minimum atomic E-state index is -0.188. The summed E-state index contributed by atoms with van der Waals surface area (Å²) in [5.74, 6) is -0.188. The van der Waals surface area contributed by atoms with E-state index in [2.05, 4.69) is 4.98 Å². The normalized spacial score (nSPS) is 12.2. The van der Waals surface area contributed by atoms with E-state index in [0.29, 0.717) is 24.4 Å². The SMILES string of the molecule is CCN(C(=O)c1cc(N)cnc1Cl)C(C)COC. The number of likely N-dealkylation sites (N-methyl/N-ethyl adjacent to an activating group) is 1. The molecule has 1 rings (SSSR count). The van der Waals surface area contributed by atoms with Crippen molar-refractivity contribution in [2.45, 2.75) is 19.9 Å². The number of rotatable bonds is 5. The number of nitrogens with zero attached hydrogens (tertiary/aromatic N) is 2. The molecular weight excluding hydrogens is 254 g/mol. The molecule has 0 saturated carbocycles. The Morgan fingerprint density at radius 3 is 2.89 bits per heavy atom. The van der Waals surface area contributed by atoms with Gasteiger partial charge < -0.3 is 15.4 Å². The maximum atomic E-state index is 12.4. The number of hydrogen-bond donors (Lipinski definition) is 1. The van der Waals surface area contributed by atoms with Crippen LogP contribution in [0.25, 0.3) is 0 Å². The minimum absolute atomic E-state index is 0.0370. The fourth-order valence-electron chi connectivity index (χ4n) is 1.76. The first-order chi connectivity index (χ1) is 8.51. The minimum Gasteiger partial charge on any atom is -0.397 e. The van der Waals surface area contributed by atoms with E-state index in [1.54, 1.807) is 18.1 Å². The maximum absolute atomic E-state index is 12.4. The summed E-state index contributed by atoms with van der Waals surface area (Å²) in [5.41, 5.74) is 6.36. The number of anilines is 1. The third kappa shape index (κ3) is 3.34. The Kier molecular flexibility index (Phi) is 5.37. The van der Waals surface area contributed by atoms with Gasteiger partial charge in [0.25, 0.3) is 5.91 Å². The predicted octanol–water partition coefficient (Wildman–Crippen LogP) is 1.81. The number of methoxy groups -OCH3 is 1. The van der Waals surface area contributed by atoms with Gasteiger partial charge >= 0.3 is 0 Å². The quantitative estimate of drug-likeness (QED) is 0.830. The topological polar surface area (TPSA) is 68.5 Å². The molecule has 0 aliphatic heterocycles. The Morgan fingerprint density at radius 1 is 1.67 bits per heavy atom. The van der Waals surface area contributed by atoms with Crippen molar-refractivity contribution in [3.8, 4) is 0 Å². The summed E-state index contributed by atoms with van der Waals surface area (Å²) in [4.78, 5) is 17.9. The van der Waals surface area contributed by atoms with Crippen LogP contribution in [0.1, 0.15) is 24.2 Å². The number of carbonyl (C=O) groups is 1. The fourth-order valence-corrected chi connectivity index (χ4v) is 1.94. The van der Waals surface area contributed by atoms with Crippen LogP contribution in [0, 0.1) is 0 Å². The van der Waals surface area contributed by atoms with Gasteiger partial charge in [0.2, 0.25) is 0 Å². The molecule has 1 atom stereocenters. The Balaban J connectivity index is 2.99. The van der Waals surface area contributed by atoms with Crippen LogP contribution in [-0.4, -0.2) is 42.1 Å². The summed E-state index contributed by atoms with van der Waals surface area (Å²) in [6.07, 6.45) is 1.42. The number of nitrogen functional groups attached to an aromatic ring is 1. The molecule has 0 spiro atoms. The summed E-state index contributed by atoms with van der Waals surface area (Å²) in [5, 5.41) is 0.164. The number of nitrogens with two attached hydrogens (primary N) is 1. The highest BCUT2D eigenvalue weighted by Gasteiger charge is 2.22. The monoisotopic (exact) mass is 271 g/mol. The zero-order valence-electron chi connectivity index (χ0n) is 10.8. The van der Waals surface area contributed by atoms with E-state index >= 15 is 0 Å². The number of hydrogen-bond acceptors (Lipinski definition) is 4. The zero-order chi connectivity index (χ0) is 13.7. The highest BCUT2D eigenvalue weighted by atomic mass is 35.5. The average molecular weight is 272 g/mol. The van der Waals surface area contributed by atoms with Gasteiger partial charge in [0.05, 0.1) is 30.1 Å². The first-order valence-electron chi connectivity index (χ1n) is 5.72. The van der Waals surface area contributed by atoms with Gasteiger partial charge in [-0.15, -0.1) is 0 Å². The maximum Gasteiger partial charge on any atom is 0.257 e. The Hall–Kier alpha value is -1.33. The summed E-state index contributed by atoms with van der Waals surface area (Å²) >= 11 is 5.93. The molecule has 0 aliphatic rings. The smallest absolute Gasteiger partial charge is 0.257 e. The highest BCUT2D eigenvalue weighted by molar-refractivity contribution is 6.32. The lowest BCUT2D eigenvalue weighted by Gasteiger charge is -2.27. The second kappa shape index (κ2) is 6.56. The lowest BCUT2D eigenvalue weighted by atomic mass is 10.2. The average Bonchev–Trinajstić information content (AvgIpc) is 2.33. The summed E-state index contributed by atoms with van der Waals surface area (Å²) in [6.45, 7) is 4.84. The second-order valence-electron chi connectivity index (χ2n) is 4.00. The molecule has 1 heterocycles. The Bertz CT molecular complexity index is 426. The third-order valence-electron chi connectivity index (χ3n) is 2.63. The first kappa shape index (κ1) is 14.7. The zero-order valence-corrected chi connectivity index (χ0v) is 11.6. The van der Waals surface area contributed by atoms with Crippen molar-refractivity contribution in [3.05, 3.63) is 23.0 Å². The largest absolute Gasteiger partial charge is 0.397 e. The Morgan fingerprint density at radius 2 is 2.33 bits per heavy atom. The molecule has 1 aromatic rings. The third-order valence-corrected chi connectivity index (χ3v) is 2.93. The number of ether oxygens (including phenoxy) is 1. The summed E-state index contributed by atoms with van der Waals surface area (Å²) in [6, 6.07) is 1.50. The molecule has 0 aliphatic carbocycles. The van der Waals surface area contributed by atoms with Crippen LogP contribution >= 0.6 is 11.6 Å². The van der Waals surface area contributed by atoms with Crippen molar-refractivity contribution in [3.63, 3.8) is 0 Å². The molecule has 0 saturated heterocycles. The van der Waals surface area contributed by atoms with Crippen LogP contribution < -0.4 is 5.73 Å². The van der Waals surface area contributed by atoms with Crippen LogP contribution in [0.2, 0.25) is 5.15 Å². The van der Waals surface area contributed by atoms with Crippen molar-refractivity contribution in [2.24, 2.45) is 0 Å². The molecule has 0 aromatic carbocycles. The van der Waals surface area contributed by atoms with Crippen molar-refractivity contribution in [1.82, 2.24) is 9.88 Å². The van der Waals surface area contributed by atoms with Crippen molar-refractivity contribution in [1.29, 1.82) is 0 Å². The van der Waals surface area contributed by atoms with E-state index in [0.717, 1.165) is 0 Å². The van der Waals surface area contributed by atoms with Crippen LogP contribution in [-0.2, 0) is 4.74 Å². The second-order valence-corrected chi connectivity index (χ2v) is 4.36. The number of amides is 1. The van der Waals surface area contributed by atoms with Gasteiger partial charge in [-0.25, -0.2) is 4.98 Å². The van der Waals surface area contributed by atoms with Crippen molar-refractivity contribution >= 4 is 23.2 Å². The Labute approximate surface area is 112 Å². The molecule has 1 aromatic heterocycles. The van der Waals surface area contributed by atoms with Gasteiger partial charge in [-0.3, -0.25) is 4.79 Å². The molecule has 5 nitrogen and oxygen atoms in total. The van der Waals surface area contributed by atoms with Crippen LogP contribution in [0.5, 0.6) is 0 Å². The van der Waals surface area contributed by atoms with E-state index in [4.69, 9.17) is 22.1 Å². The number of aromatic nitrogens is 1. The molecule has 1 amide bonds. The molecule has 0 radical (unpaired) electrons. The van der Waals surface area contributed by atoms with E-state index in [-0.39, 0.29) is 17.1 Å². The molecule has 6 heteroatoms. The molecule has 100 valence electrons. The van der Waals surface area contributed by atoms with Gasteiger partial charge in [-0.05, 0) is 19.9 Å². The van der Waals surface area contributed by atoms with Gasteiger partial charge in [-0.2, -0.15) is 0 Å². The highest BCUT2D eigenvalue weighted by Crippen LogP contribution is 2.18. The van der Waals surface area contributed by atoms with Gasteiger partial charge in [0.1, 0.15) is 5.15 Å². The lowest BCUT2D eigenvalue weighted by molar-refractivity contribution is 0.0579. The van der Waals surface area contributed by atoms with E-state index < -0.39 is 0 Å².